The van der Waals surface area contributed by atoms with Gasteiger partial charge in [0.05, 0.1) is 11.8 Å². The number of carbonyl (C=O) groups is 3. The third-order valence-electron chi connectivity index (χ3n) is 6.20. The number of likely N-dealkylation sites (tertiary alicyclic amines) is 1. The minimum absolute atomic E-state index is 0.212. The molecule has 1 aromatic rings. The molecule has 0 radical (unpaired) electrons. The number of benzene rings is 1. The Morgan fingerprint density at radius 1 is 1.00 bits per heavy atom. The predicted molar refractivity (Wildman–Crippen MR) is 108 cm³/mol. The molecule has 28 heavy (non-hydrogen) atoms. The molecule has 2 atom stereocenters. The molecule has 2 heterocycles. The van der Waals surface area contributed by atoms with Crippen LogP contribution in [0.1, 0.15) is 32.6 Å². The maximum absolute atomic E-state index is 12.5. The van der Waals surface area contributed by atoms with Gasteiger partial charge < -0.3 is 10.2 Å². The molecule has 1 N–H and O–H groups in total. The Balaban J connectivity index is 1.34. The molecule has 1 aliphatic carbocycles. The van der Waals surface area contributed by atoms with Crippen LogP contribution in [0.4, 0.5) is 11.4 Å². The first-order valence-corrected chi connectivity index (χ1v) is 10.2. The standard InChI is InChI=1S/C22H27N3O3/c1-15-10-12-24(13-11-15)17-8-6-16(7-9-17)23-20(26)14-25-21(27)18-4-2-3-5-19(18)22(25)28/h2-3,6-9,15,18-19H,4-5,10-14H2,1H3,(H,23,26)/t18-,19-/m0/s1. The van der Waals surface area contributed by atoms with Crippen LogP contribution in [0.3, 0.4) is 0 Å². The highest BCUT2D eigenvalue weighted by Crippen LogP contribution is 2.34. The summed E-state index contributed by atoms with van der Waals surface area (Å²) < 4.78 is 0. The number of allylic oxidation sites excluding steroid dienone is 2. The maximum atomic E-state index is 12.5. The normalized spacial score (nSPS) is 25.2. The monoisotopic (exact) mass is 381 g/mol. The van der Waals surface area contributed by atoms with Gasteiger partial charge in [-0.3, -0.25) is 19.3 Å². The molecule has 0 saturated carbocycles. The number of fused-ring (bicyclic) bond motifs is 1. The molecule has 4 rings (SSSR count). The van der Waals surface area contributed by atoms with Gasteiger partial charge in [0.2, 0.25) is 17.7 Å². The average Bonchev–Trinajstić information content (AvgIpc) is 2.94. The third kappa shape index (κ3) is 3.68. The summed E-state index contributed by atoms with van der Waals surface area (Å²) in [7, 11) is 0. The number of carbonyl (C=O) groups excluding carboxylic acids is 3. The highest BCUT2D eigenvalue weighted by Gasteiger charge is 2.47. The van der Waals surface area contributed by atoms with Crippen LogP contribution in [0.5, 0.6) is 0 Å². The number of amides is 3. The van der Waals surface area contributed by atoms with E-state index in [9.17, 15) is 14.4 Å². The first kappa shape index (κ1) is 18.7. The molecule has 0 spiro atoms. The molecule has 0 unspecified atom stereocenters. The first-order chi connectivity index (χ1) is 13.5. The predicted octanol–water partition coefficient (Wildman–Crippen LogP) is 2.81. The van der Waals surface area contributed by atoms with Crippen molar-refractivity contribution in [2.24, 2.45) is 17.8 Å². The van der Waals surface area contributed by atoms with E-state index in [0.29, 0.717) is 18.5 Å². The topological polar surface area (TPSA) is 69.7 Å². The van der Waals surface area contributed by atoms with Gasteiger partial charge in [-0.15, -0.1) is 0 Å². The molecule has 148 valence electrons. The summed E-state index contributed by atoms with van der Waals surface area (Å²) in [4.78, 5) is 40.8. The molecular weight excluding hydrogens is 354 g/mol. The Morgan fingerprint density at radius 2 is 1.57 bits per heavy atom. The summed E-state index contributed by atoms with van der Waals surface area (Å²) in [5, 5.41) is 2.81. The zero-order valence-corrected chi connectivity index (χ0v) is 16.3. The van der Waals surface area contributed by atoms with Crippen LogP contribution < -0.4 is 10.2 Å². The van der Waals surface area contributed by atoms with Crippen molar-refractivity contribution >= 4 is 29.1 Å². The van der Waals surface area contributed by atoms with Crippen LogP contribution in [0.25, 0.3) is 0 Å². The van der Waals surface area contributed by atoms with Gasteiger partial charge >= 0.3 is 0 Å². The van der Waals surface area contributed by atoms with E-state index in [1.165, 1.54) is 12.8 Å². The number of nitrogens with one attached hydrogen (secondary N) is 1. The van der Waals surface area contributed by atoms with Crippen LogP contribution in [-0.4, -0.2) is 42.3 Å². The highest BCUT2D eigenvalue weighted by atomic mass is 16.2. The van der Waals surface area contributed by atoms with Crippen molar-refractivity contribution in [2.75, 3.05) is 29.9 Å². The molecule has 2 fully saturated rings. The second kappa shape index (κ2) is 7.78. The van der Waals surface area contributed by atoms with E-state index in [-0.39, 0.29) is 36.1 Å². The van der Waals surface area contributed by atoms with Crippen molar-refractivity contribution in [2.45, 2.75) is 32.6 Å². The Hall–Kier alpha value is -2.63. The summed E-state index contributed by atoms with van der Waals surface area (Å²) in [6, 6.07) is 7.78. The Labute approximate surface area is 165 Å². The summed E-state index contributed by atoms with van der Waals surface area (Å²) in [6.07, 6.45) is 7.47. The van der Waals surface area contributed by atoms with Crippen molar-refractivity contribution in [3.05, 3.63) is 36.4 Å². The minimum Gasteiger partial charge on any atom is -0.372 e. The molecule has 3 amide bonds. The van der Waals surface area contributed by atoms with Crippen molar-refractivity contribution < 1.29 is 14.4 Å². The van der Waals surface area contributed by atoms with Gasteiger partial charge in [-0.1, -0.05) is 19.1 Å². The van der Waals surface area contributed by atoms with E-state index in [1.54, 1.807) is 0 Å². The molecule has 6 heteroatoms. The van der Waals surface area contributed by atoms with E-state index < -0.39 is 0 Å². The largest absolute Gasteiger partial charge is 0.372 e. The molecule has 1 aromatic carbocycles. The second-order valence-corrected chi connectivity index (χ2v) is 8.18. The smallest absolute Gasteiger partial charge is 0.244 e. The van der Waals surface area contributed by atoms with Crippen molar-refractivity contribution in [1.82, 2.24) is 4.90 Å². The summed E-state index contributed by atoms with van der Waals surface area (Å²) in [6.45, 7) is 4.19. The number of hydrogen-bond acceptors (Lipinski definition) is 4. The number of rotatable bonds is 4. The summed E-state index contributed by atoms with van der Waals surface area (Å²) in [5.41, 5.74) is 1.84. The zero-order chi connectivity index (χ0) is 19.7. The van der Waals surface area contributed by atoms with Gasteiger partial charge in [0.1, 0.15) is 6.54 Å². The molecule has 2 aliphatic heterocycles. The quantitative estimate of drug-likeness (QED) is 0.643. The van der Waals surface area contributed by atoms with E-state index in [0.717, 1.165) is 29.6 Å². The molecule has 6 nitrogen and oxygen atoms in total. The van der Waals surface area contributed by atoms with Crippen LogP contribution in [0.2, 0.25) is 0 Å². The molecule has 2 saturated heterocycles. The Morgan fingerprint density at radius 3 is 2.14 bits per heavy atom. The van der Waals surface area contributed by atoms with Crippen molar-refractivity contribution in [1.29, 1.82) is 0 Å². The van der Waals surface area contributed by atoms with Gasteiger partial charge in [-0.25, -0.2) is 0 Å². The Bertz CT molecular complexity index is 768. The van der Waals surface area contributed by atoms with Crippen LogP contribution in [0.15, 0.2) is 36.4 Å². The average molecular weight is 381 g/mol. The fourth-order valence-electron chi connectivity index (χ4n) is 4.39. The summed E-state index contributed by atoms with van der Waals surface area (Å²) in [5.74, 6) is -0.583. The second-order valence-electron chi connectivity index (χ2n) is 8.18. The van der Waals surface area contributed by atoms with Crippen LogP contribution in [-0.2, 0) is 14.4 Å². The molecule has 0 bridgehead atoms. The molecule has 0 aromatic heterocycles. The minimum atomic E-state index is -0.340. The van der Waals surface area contributed by atoms with Gasteiger partial charge in [0.15, 0.2) is 0 Å². The van der Waals surface area contributed by atoms with Gasteiger partial charge in [0.25, 0.3) is 0 Å². The van der Waals surface area contributed by atoms with Crippen LogP contribution in [0, 0.1) is 17.8 Å². The number of piperidine rings is 1. The number of nitrogens with zero attached hydrogens (tertiary/aromatic N) is 2. The fourth-order valence-corrected chi connectivity index (χ4v) is 4.39. The van der Waals surface area contributed by atoms with Crippen molar-refractivity contribution in [3.63, 3.8) is 0 Å². The van der Waals surface area contributed by atoms with Crippen LogP contribution >= 0.6 is 0 Å². The van der Waals surface area contributed by atoms with Gasteiger partial charge in [-0.05, 0) is 55.9 Å². The Kier molecular flexibility index (Phi) is 5.20. The first-order valence-electron chi connectivity index (χ1n) is 10.2. The van der Waals surface area contributed by atoms with Crippen molar-refractivity contribution in [3.8, 4) is 0 Å². The third-order valence-corrected chi connectivity index (χ3v) is 6.20. The summed E-state index contributed by atoms with van der Waals surface area (Å²) >= 11 is 0. The van der Waals surface area contributed by atoms with E-state index in [1.807, 2.05) is 36.4 Å². The molecular formula is C22H27N3O3. The lowest BCUT2D eigenvalue weighted by atomic mass is 9.85. The lowest BCUT2D eigenvalue weighted by molar-refractivity contribution is -0.142. The lowest BCUT2D eigenvalue weighted by Crippen LogP contribution is -2.38. The zero-order valence-electron chi connectivity index (χ0n) is 16.3. The number of anilines is 2. The maximum Gasteiger partial charge on any atom is 0.244 e. The fraction of sp³-hybridized carbons (Fsp3) is 0.500. The van der Waals surface area contributed by atoms with Gasteiger partial charge in [-0.2, -0.15) is 0 Å². The lowest BCUT2D eigenvalue weighted by Gasteiger charge is -2.32. The van der Waals surface area contributed by atoms with E-state index in [4.69, 9.17) is 0 Å². The number of imide groups is 1. The highest BCUT2D eigenvalue weighted by molar-refractivity contribution is 6.08. The van der Waals surface area contributed by atoms with E-state index >= 15 is 0 Å². The number of hydrogen-bond donors (Lipinski definition) is 1. The SMILES string of the molecule is CC1CCN(c2ccc(NC(=O)CN3C(=O)[C@H]4CC=CC[C@@H]4C3=O)cc2)CC1. The molecule has 3 aliphatic rings. The van der Waals surface area contributed by atoms with E-state index in [2.05, 4.69) is 17.1 Å². The van der Waals surface area contributed by atoms with Gasteiger partial charge in [0, 0.05) is 24.5 Å².